The summed E-state index contributed by atoms with van der Waals surface area (Å²) in [6.07, 6.45) is 31.4. The number of rotatable bonds is 26. The summed E-state index contributed by atoms with van der Waals surface area (Å²) in [5, 5.41) is 9.68. The number of carbonyl (C=O) groups is 1. The van der Waals surface area contributed by atoms with Gasteiger partial charge >= 0.3 is 13.8 Å². The van der Waals surface area contributed by atoms with Crippen LogP contribution in [0.2, 0.25) is 0 Å². The van der Waals surface area contributed by atoms with E-state index in [1.54, 1.807) is 6.08 Å². The maximum atomic E-state index is 11.7. The Balaban J connectivity index is 3.64. The number of hydrogen-bond donors (Lipinski definition) is 3. The zero-order valence-electron chi connectivity index (χ0n) is 23.4. The van der Waals surface area contributed by atoms with Crippen LogP contribution in [0.3, 0.4) is 0 Å². The van der Waals surface area contributed by atoms with Crippen LogP contribution in [-0.2, 0) is 23.1 Å². The summed E-state index contributed by atoms with van der Waals surface area (Å²) in [7, 11) is -4.27. The molecule has 0 radical (unpaired) electrons. The van der Waals surface area contributed by atoms with Crippen molar-refractivity contribution in [2.75, 3.05) is 26.4 Å². The number of aliphatic hydroxyl groups is 1. The predicted molar refractivity (Wildman–Crippen MR) is 155 cm³/mol. The van der Waals surface area contributed by atoms with E-state index in [9.17, 15) is 19.4 Å². The summed E-state index contributed by atoms with van der Waals surface area (Å²) in [4.78, 5) is 21.0. The normalized spacial score (nSPS) is 14.7. The van der Waals surface area contributed by atoms with E-state index in [1.807, 2.05) is 12.2 Å². The number of nitrogens with two attached hydrogens (primary N) is 1. The smallest absolute Gasteiger partial charge is 0.463 e. The van der Waals surface area contributed by atoms with Crippen LogP contribution >= 0.6 is 7.82 Å². The number of phosphoric ester groups is 1. The number of esters is 1. The van der Waals surface area contributed by atoms with E-state index in [0.717, 1.165) is 12.8 Å². The molecular formula is C29H52NO7P. The van der Waals surface area contributed by atoms with Gasteiger partial charge in [-0.05, 0) is 32.1 Å². The average Bonchev–Trinajstić information content (AvgIpc) is 2.90. The second kappa shape index (κ2) is 27.0. The van der Waals surface area contributed by atoms with Crippen molar-refractivity contribution in [3.05, 3.63) is 48.6 Å². The van der Waals surface area contributed by atoms with Crippen LogP contribution in [0.5, 0.6) is 0 Å². The van der Waals surface area contributed by atoms with Gasteiger partial charge in [-0.2, -0.15) is 0 Å². The maximum absolute atomic E-state index is 11.7. The molecule has 9 heteroatoms. The Labute approximate surface area is 230 Å². The molecular weight excluding hydrogens is 505 g/mol. The lowest BCUT2D eigenvalue weighted by Gasteiger charge is -2.14. The lowest BCUT2D eigenvalue weighted by Crippen LogP contribution is -2.23. The summed E-state index contributed by atoms with van der Waals surface area (Å²) in [5.41, 5.74) is 5.17. The van der Waals surface area contributed by atoms with Crippen LogP contribution in [0.25, 0.3) is 0 Å². The van der Waals surface area contributed by atoms with Gasteiger partial charge in [0.1, 0.15) is 12.7 Å². The van der Waals surface area contributed by atoms with E-state index in [-0.39, 0.29) is 26.2 Å². The maximum Gasteiger partial charge on any atom is 0.472 e. The Kier molecular flexibility index (Phi) is 25.9. The summed E-state index contributed by atoms with van der Waals surface area (Å²) < 4.78 is 25.5. The van der Waals surface area contributed by atoms with Gasteiger partial charge in [0.05, 0.1) is 19.6 Å². The zero-order valence-corrected chi connectivity index (χ0v) is 24.3. The molecule has 4 N–H and O–H groups in total. The van der Waals surface area contributed by atoms with Crippen molar-refractivity contribution in [1.82, 2.24) is 0 Å². The molecule has 0 aliphatic heterocycles. The van der Waals surface area contributed by atoms with E-state index in [2.05, 4.69) is 46.4 Å². The summed E-state index contributed by atoms with van der Waals surface area (Å²) in [5.74, 6) is -0.510. The first kappa shape index (κ1) is 36.5. The van der Waals surface area contributed by atoms with E-state index in [1.165, 1.54) is 64.2 Å². The number of aliphatic hydroxyl groups excluding tert-OH is 1. The minimum Gasteiger partial charge on any atom is -0.463 e. The standard InChI is InChI=1S/C29H52NO7P/c1-2-3-4-5-6-7-8-9-10-11-12-13-14-15-16-17-18-19-20-21-22-23-29(32)35-26-28(31)27-37-38(33,34)36-25-24-30/h12-13,15-16,18-19,21-22,28,31H,2-11,14,17,20,23-27,30H2,1H3,(H,33,34)/t28-/m1/s1. The van der Waals surface area contributed by atoms with Gasteiger partial charge in [-0.25, -0.2) is 4.57 Å². The highest BCUT2D eigenvalue weighted by Crippen LogP contribution is 2.42. The third-order valence-corrected chi connectivity index (χ3v) is 6.47. The second-order valence-electron chi connectivity index (χ2n) is 9.14. The fraction of sp³-hybridized carbons (Fsp3) is 0.690. The number of carbonyl (C=O) groups excluding carboxylic acids is 1. The molecule has 0 aromatic rings. The monoisotopic (exact) mass is 557 g/mol. The van der Waals surface area contributed by atoms with E-state index in [0.29, 0.717) is 6.42 Å². The molecule has 0 saturated carbocycles. The lowest BCUT2D eigenvalue weighted by atomic mass is 10.1. The molecule has 0 rings (SSSR count). The molecule has 0 fully saturated rings. The molecule has 1 unspecified atom stereocenters. The molecule has 0 aromatic carbocycles. The Hall–Kier alpha value is -1.54. The molecule has 0 aliphatic rings. The lowest BCUT2D eigenvalue weighted by molar-refractivity contribution is -0.146. The van der Waals surface area contributed by atoms with Crippen LogP contribution in [0.15, 0.2) is 48.6 Å². The Morgan fingerprint density at radius 3 is 1.89 bits per heavy atom. The molecule has 220 valence electrons. The molecule has 2 atom stereocenters. The largest absolute Gasteiger partial charge is 0.472 e. The van der Waals surface area contributed by atoms with Crippen LogP contribution in [-0.4, -0.2) is 48.4 Å². The molecule has 0 spiro atoms. The minimum absolute atomic E-state index is 0.0613. The quantitative estimate of drug-likeness (QED) is 0.0464. The van der Waals surface area contributed by atoms with Crippen molar-refractivity contribution in [2.45, 2.75) is 103 Å². The first-order valence-electron chi connectivity index (χ1n) is 14.2. The van der Waals surface area contributed by atoms with Gasteiger partial charge in [-0.3, -0.25) is 13.8 Å². The van der Waals surface area contributed by atoms with Crippen molar-refractivity contribution in [2.24, 2.45) is 5.73 Å². The van der Waals surface area contributed by atoms with Crippen molar-refractivity contribution in [1.29, 1.82) is 0 Å². The fourth-order valence-corrected chi connectivity index (χ4v) is 4.14. The molecule has 0 amide bonds. The first-order valence-corrected chi connectivity index (χ1v) is 15.7. The van der Waals surface area contributed by atoms with E-state index < -0.39 is 26.5 Å². The number of phosphoric acid groups is 1. The molecule has 0 saturated heterocycles. The average molecular weight is 558 g/mol. The number of unbranched alkanes of at least 4 members (excludes halogenated alkanes) is 9. The molecule has 0 aliphatic carbocycles. The van der Waals surface area contributed by atoms with Gasteiger partial charge in [0.25, 0.3) is 0 Å². The molecule has 8 nitrogen and oxygen atoms in total. The minimum atomic E-state index is -4.27. The van der Waals surface area contributed by atoms with Gasteiger partial charge < -0.3 is 20.5 Å². The molecule has 0 heterocycles. The summed E-state index contributed by atoms with van der Waals surface area (Å²) in [6.45, 7) is 1.33. The number of ether oxygens (including phenoxy) is 1. The Bertz CT molecular complexity index is 722. The summed E-state index contributed by atoms with van der Waals surface area (Å²) >= 11 is 0. The third-order valence-electron chi connectivity index (χ3n) is 5.48. The second-order valence-corrected chi connectivity index (χ2v) is 10.6. The van der Waals surface area contributed by atoms with Crippen molar-refractivity contribution in [3.8, 4) is 0 Å². The zero-order chi connectivity index (χ0) is 28.2. The van der Waals surface area contributed by atoms with E-state index >= 15 is 0 Å². The predicted octanol–water partition coefficient (Wildman–Crippen LogP) is 6.69. The highest BCUT2D eigenvalue weighted by atomic mass is 31.2. The van der Waals surface area contributed by atoms with Gasteiger partial charge in [0.2, 0.25) is 0 Å². The molecule has 0 aromatic heterocycles. The third kappa shape index (κ3) is 27.5. The van der Waals surface area contributed by atoms with Crippen LogP contribution < -0.4 is 5.73 Å². The Morgan fingerprint density at radius 2 is 1.32 bits per heavy atom. The van der Waals surface area contributed by atoms with Crippen LogP contribution in [0.4, 0.5) is 0 Å². The number of hydrogen-bond acceptors (Lipinski definition) is 7. The van der Waals surface area contributed by atoms with Gasteiger partial charge in [-0.1, -0.05) is 107 Å². The van der Waals surface area contributed by atoms with Crippen LogP contribution in [0.1, 0.15) is 96.8 Å². The topological polar surface area (TPSA) is 128 Å². The van der Waals surface area contributed by atoms with Crippen LogP contribution in [0, 0.1) is 0 Å². The van der Waals surface area contributed by atoms with Gasteiger partial charge in [0, 0.05) is 6.54 Å². The van der Waals surface area contributed by atoms with E-state index in [4.69, 9.17) is 10.5 Å². The van der Waals surface area contributed by atoms with Crippen molar-refractivity contribution < 1.29 is 33.1 Å². The highest BCUT2D eigenvalue weighted by molar-refractivity contribution is 7.47. The van der Waals surface area contributed by atoms with Gasteiger partial charge in [0.15, 0.2) is 0 Å². The SMILES string of the molecule is CCCCCCCCCCCC=CCC=CCC=CCC=CCC(=O)OC[C@@H](O)COP(=O)(O)OCCN. The summed E-state index contributed by atoms with van der Waals surface area (Å²) in [6, 6.07) is 0. The fourth-order valence-electron chi connectivity index (χ4n) is 3.37. The van der Waals surface area contributed by atoms with Gasteiger partial charge in [-0.15, -0.1) is 0 Å². The molecule has 38 heavy (non-hydrogen) atoms. The van der Waals surface area contributed by atoms with Crippen molar-refractivity contribution in [3.63, 3.8) is 0 Å². The first-order chi connectivity index (χ1) is 18.4. The van der Waals surface area contributed by atoms with Crippen molar-refractivity contribution >= 4 is 13.8 Å². The molecule has 0 bridgehead atoms. The Morgan fingerprint density at radius 1 is 0.789 bits per heavy atom. The highest BCUT2D eigenvalue weighted by Gasteiger charge is 2.22. The number of allylic oxidation sites excluding steroid dienone is 7.